The smallest absolute Gasteiger partial charge is 0.272 e. The van der Waals surface area contributed by atoms with Gasteiger partial charge in [0.2, 0.25) is 0 Å². The third kappa shape index (κ3) is 3.26. The molecule has 0 radical (unpaired) electrons. The number of hydrogen-bond acceptors (Lipinski definition) is 3. The number of carbonyl (C=O) groups excluding carboxylic acids is 1. The maximum absolute atomic E-state index is 12.4. The predicted octanol–water partition coefficient (Wildman–Crippen LogP) is 2.49. The van der Waals surface area contributed by atoms with Crippen molar-refractivity contribution in [2.75, 3.05) is 13.1 Å². The van der Waals surface area contributed by atoms with Crippen LogP contribution < -0.4 is 5.32 Å². The Morgan fingerprint density at radius 2 is 2.13 bits per heavy atom. The first kappa shape index (κ1) is 14.7. The zero-order valence-corrected chi connectivity index (χ0v) is 13.5. The average molecular weight is 331 g/mol. The van der Waals surface area contributed by atoms with Crippen LogP contribution in [0.5, 0.6) is 0 Å². The van der Waals surface area contributed by atoms with Crippen molar-refractivity contribution in [3.63, 3.8) is 0 Å². The molecule has 2 aliphatic rings. The highest BCUT2D eigenvalue weighted by Crippen LogP contribution is 2.29. The number of halogens is 1. The lowest BCUT2D eigenvalue weighted by atomic mass is 10.2. The van der Waals surface area contributed by atoms with Crippen LogP contribution in [0.1, 0.15) is 29.8 Å². The molecule has 1 N–H and O–H groups in total. The van der Waals surface area contributed by atoms with Crippen molar-refractivity contribution < 1.29 is 4.79 Å². The second-order valence-corrected chi connectivity index (χ2v) is 6.75. The molecule has 2 heterocycles. The molecule has 0 spiro atoms. The zero-order chi connectivity index (χ0) is 15.8. The van der Waals surface area contributed by atoms with E-state index in [1.54, 1.807) is 16.9 Å². The monoisotopic (exact) mass is 330 g/mol. The molecule has 0 unspecified atom stereocenters. The maximum Gasteiger partial charge on any atom is 0.272 e. The second-order valence-electron chi connectivity index (χ2n) is 6.31. The van der Waals surface area contributed by atoms with E-state index in [0.717, 1.165) is 31.2 Å². The van der Waals surface area contributed by atoms with Crippen molar-refractivity contribution in [2.24, 2.45) is 0 Å². The fourth-order valence-corrected chi connectivity index (χ4v) is 3.33. The fourth-order valence-electron chi connectivity index (χ4n) is 3.14. The van der Waals surface area contributed by atoms with Gasteiger partial charge in [-0.15, -0.1) is 0 Å². The van der Waals surface area contributed by atoms with Gasteiger partial charge in [0.25, 0.3) is 5.91 Å². The first-order valence-electron chi connectivity index (χ1n) is 8.05. The van der Waals surface area contributed by atoms with Gasteiger partial charge in [0.05, 0.1) is 5.69 Å². The molecule has 2 aromatic rings. The Hall–Kier alpha value is -1.85. The van der Waals surface area contributed by atoms with Crippen LogP contribution in [0.4, 0.5) is 0 Å². The highest BCUT2D eigenvalue weighted by molar-refractivity contribution is 6.30. The molecule has 1 atom stereocenters. The van der Waals surface area contributed by atoms with Crippen LogP contribution in [-0.2, 0) is 0 Å². The highest BCUT2D eigenvalue weighted by Gasteiger charge is 2.34. The number of aromatic nitrogens is 2. The van der Waals surface area contributed by atoms with Crippen molar-refractivity contribution in [3.05, 3.63) is 47.2 Å². The van der Waals surface area contributed by atoms with Gasteiger partial charge in [-0.25, -0.2) is 4.68 Å². The number of hydrogen-bond donors (Lipinski definition) is 1. The summed E-state index contributed by atoms with van der Waals surface area (Å²) in [5, 5.41) is 8.11. The van der Waals surface area contributed by atoms with Crippen molar-refractivity contribution in [2.45, 2.75) is 31.3 Å². The summed E-state index contributed by atoms with van der Waals surface area (Å²) in [7, 11) is 0. The van der Waals surface area contributed by atoms with Crippen LogP contribution in [-0.4, -0.2) is 45.8 Å². The van der Waals surface area contributed by atoms with Crippen molar-refractivity contribution in [1.82, 2.24) is 20.0 Å². The normalized spacial score (nSPS) is 21.5. The second kappa shape index (κ2) is 5.98. The van der Waals surface area contributed by atoms with Crippen molar-refractivity contribution in [3.8, 4) is 5.69 Å². The van der Waals surface area contributed by atoms with E-state index < -0.39 is 0 Å². The Bertz CT molecular complexity index is 725. The minimum atomic E-state index is -0.103. The summed E-state index contributed by atoms with van der Waals surface area (Å²) in [5.74, 6) is -0.103. The lowest BCUT2D eigenvalue weighted by Crippen LogP contribution is -2.37. The molecule has 120 valence electrons. The van der Waals surface area contributed by atoms with Crippen LogP contribution in [0.15, 0.2) is 36.5 Å². The Labute approximate surface area is 140 Å². The molecular formula is C17H19ClN4O. The van der Waals surface area contributed by atoms with Crippen molar-refractivity contribution in [1.29, 1.82) is 0 Å². The Balaban J connectivity index is 1.41. The summed E-state index contributed by atoms with van der Waals surface area (Å²) in [5.41, 5.74) is 1.28. The Morgan fingerprint density at radius 3 is 2.91 bits per heavy atom. The van der Waals surface area contributed by atoms with E-state index >= 15 is 0 Å². The first-order valence-corrected chi connectivity index (χ1v) is 8.43. The number of nitrogens with zero attached hydrogens (tertiary/aromatic N) is 3. The molecule has 0 bridgehead atoms. The fraction of sp³-hybridized carbons (Fsp3) is 0.412. The third-order valence-corrected chi connectivity index (χ3v) is 4.75. The molecule has 1 aliphatic carbocycles. The molecule has 1 saturated heterocycles. The number of carbonyl (C=O) groups is 1. The van der Waals surface area contributed by atoms with Gasteiger partial charge in [-0.1, -0.05) is 17.7 Å². The number of likely N-dealkylation sites (tertiary alicyclic amines) is 1. The Morgan fingerprint density at radius 1 is 1.26 bits per heavy atom. The third-order valence-electron chi connectivity index (χ3n) is 4.51. The van der Waals surface area contributed by atoms with Gasteiger partial charge in [0, 0.05) is 36.4 Å². The summed E-state index contributed by atoms with van der Waals surface area (Å²) in [4.78, 5) is 14.9. The SMILES string of the molecule is O=C(N[C@@H]1CCN(C2CC2)C1)c1ccn(-c2cccc(Cl)c2)n1. The molecule has 2 fully saturated rings. The average Bonchev–Trinajstić information content (AvgIpc) is 3.09. The van der Waals surface area contributed by atoms with Gasteiger partial charge in [0.1, 0.15) is 0 Å². The summed E-state index contributed by atoms with van der Waals surface area (Å²) < 4.78 is 1.67. The van der Waals surface area contributed by atoms with Crippen LogP contribution in [0.2, 0.25) is 5.02 Å². The van der Waals surface area contributed by atoms with Gasteiger partial charge in [-0.2, -0.15) is 5.10 Å². The maximum atomic E-state index is 12.4. The van der Waals surface area contributed by atoms with E-state index in [4.69, 9.17) is 11.6 Å². The highest BCUT2D eigenvalue weighted by atomic mass is 35.5. The van der Waals surface area contributed by atoms with E-state index in [-0.39, 0.29) is 11.9 Å². The molecule has 6 heteroatoms. The lowest BCUT2D eigenvalue weighted by Gasteiger charge is -2.15. The van der Waals surface area contributed by atoms with Crippen LogP contribution in [0.25, 0.3) is 5.69 Å². The Kier molecular flexibility index (Phi) is 3.83. The van der Waals surface area contributed by atoms with E-state index in [2.05, 4.69) is 15.3 Å². The van der Waals surface area contributed by atoms with Gasteiger partial charge in [-0.3, -0.25) is 9.69 Å². The summed E-state index contributed by atoms with van der Waals surface area (Å²) in [6.45, 7) is 2.05. The van der Waals surface area contributed by atoms with Gasteiger partial charge in [0.15, 0.2) is 5.69 Å². The molecule has 1 aromatic heterocycles. The number of benzene rings is 1. The van der Waals surface area contributed by atoms with E-state index in [0.29, 0.717) is 10.7 Å². The number of amides is 1. The van der Waals surface area contributed by atoms with Gasteiger partial charge < -0.3 is 5.32 Å². The quantitative estimate of drug-likeness (QED) is 0.937. The molecule has 1 amide bonds. The zero-order valence-electron chi connectivity index (χ0n) is 12.8. The van der Waals surface area contributed by atoms with Gasteiger partial charge in [-0.05, 0) is 43.5 Å². The van der Waals surface area contributed by atoms with E-state index in [1.165, 1.54) is 12.8 Å². The van der Waals surface area contributed by atoms with Crippen LogP contribution in [0, 0.1) is 0 Å². The van der Waals surface area contributed by atoms with E-state index in [1.807, 2.05) is 24.3 Å². The van der Waals surface area contributed by atoms with Crippen molar-refractivity contribution >= 4 is 17.5 Å². The van der Waals surface area contributed by atoms with Gasteiger partial charge >= 0.3 is 0 Å². The molecule has 5 nitrogen and oxygen atoms in total. The molecule has 23 heavy (non-hydrogen) atoms. The standard InChI is InChI=1S/C17H19ClN4O/c18-12-2-1-3-15(10-12)22-9-7-16(20-22)17(23)19-13-6-8-21(11-13)14-4-5-14/h1-3,7,9-10,13-14H,4-6,8,11H2,(H,19,23)/t13-/m1/s1. The van der Waals surface area contributed by atoms with Crippen LogP contribution >= 0.6 is 11.6 Å². The first-order chi connectivity index (χ1) is 11.2. The molecule has 1 aliphatic heterocycles. The minimum absolute atomic E-state index is 0.103. The number of nitrogens with one attached hydrogen (secondary N) is 1. The summed E-state index contributed by atoms with van der Waals surface area (Å²) in [6.07, 6.45) is 5.43. The largest absolute Gasteiger partial charge is 0.347 e. The molecule has 1 saturated carbocycles. The number of rotatable bonds is 4. The van der Waals surface area contributed by atoms with E-state index in [9.17, 15) is 4.79 Å². The lowest BCUT2D eigenvalue weighted by molar-refractivity contribution is 0.0932. The minimum Gasteiger partial charge on any atom is -0.347 e. The topological polar surface area (TPSA) is 50.2 Å². The summed E-state index contributed by atoms with van der Waals surface area (Å²) in [6, 6.07) is 10.1. The molecule has 1 aromatic carbocycles. The molecular weight excluding hydrogens is 312 g/mol. The summed E-state index contributed by atoms with van der Waals surface area (Å²) >= 11 is 6.00. The van der Waals surface area contributed by atoms with Crippen LogP contribution in [0.3, 0.4) is 0 Å². The predicted molar refractivity (Wildman–Crippen MR) is 89.0 cm³/mol. The molecule has 4 rings (SSSR count).